The predicted molar refractivity (Wildman–Crippen MR) is 100 cm³/mol. The lowest BCUT2D eigenvalue weighted by Gasteiger charge is -2.17. The number of hydrogen-bond donors (Lipinski definition) is 1. The summed E-state index contributed by atoms with van der Waals surface area (Å²) in [5.74, 6) is 0.960. The van der Waals surface area contributed by atoms with E-state index in [1.54, 1.807) is 11.8 Å². The van der Waals surface area contributed by atoms with Gasteiger partial charge in [-0.1, -0.05) is 72.1 Å². The van der Waals surface area contributed by atoms with Crippen LogP contribution in [0.25, 0.3) is 0 Å². The van der Waals surface area contributed by atoms with Crippen molar-refractivity contribution in [3.8, 4) is 0 Å². The first-order valence-corrected chi connectivity index (χ1v) is 9.36. The third-order valence-electron chi connectivity index (χ3n) is 3.51. The van der Waals surface area contributed by atoms with E-state index < -0.39 is 0 Å². The van der Waals surface area contributed by atoms with E-state index in [9.17, 15) is 4.79 Å². The summed E-state index contributed by atoms with van der Waals surface area (Å²) in [6.07, 6.45) is 0. The lowest BCUT2D eigenvalue weighted by atomic mass is 10.2. The number of nitrogens with zero attached hydrogens (tertiary/aromatic N) is 1. The third-order valence-corrected chi connectivity index (χ3v) is 5.81. The molecule has 1 heterocycles. The van der Waals surface area contributed by atoms with Crippen LogP contribution in [0.1, 0.15) is 18.1 Å². The molecule has 0 saturated heterocycles. The van der Waals surface area contributed by atoms with Crippen molar-refractivity contribution >= 4 is 39.5 Å². The number of amides is 1. The average Bonchev–Trinajstić information content (AvgIpc) is 2.60. The summed E-state index contributed by atoms with van der Waals surface area (Å²) in [4.78, 5) is 16.9. The molecule has 2 aromatic carbocycles. The van der Waals surface area contributed by atoms with Crippen molar-refractivity contribution in [1.29, 1.82) is 0 Å². The number of aliphatic imine (C=N–C) groups is 1. The molecule has 0 saturated carbocycles. The monoisotopic (exact) mass is 342 g/mol. The van der Waals surface area contributed by atoms with E-state index in [4.69, 9.17) is 0 Å². The van der Waals surface area contributed by atoms with Gasteiger partial charge in [0.1, 0.15) is 4.38 Å². The second-order valence-corrected chi connectivity index (χ2v) is 7.81. The molecule has 3 rings (SSSR count). The van der Waals surface area contributed by atoms with Gasteiger partial charge in [-0.15, -0.1) is 0 Å². The van der Waals surface area contributed by atoms with Crippen molar-refractivity contribution in [3.05, 3.63) is 65.7 Å². The molecular formula is C18H18N2OS2. The quantitative estimate of drug-likeness (QED) is 0.897. The minimum atomic E-state index is -0.157. The highest BCUT2D eigenvalue weighted by molar-refractivity contribution is 8.39. The summed E-state index contributed by atoms with van der Waals surface area (Å²) in [6, 6.07) is 18.1. The fourth-order valence-electron chi connectivity index (χ4n) is 2.21. The van der Waals surface area contributed by atoms with Gasteiger partial charge in [-0.05, 0) is 24.1 Å². The van der Waals surface area contributed by atoms with Crippen LogP contribution in [0.5, 0.6) is 0 Å². The first-order valence-electron chi connectivity index (χ1n) is 7.50. The van der Waals surface area contributed by atoms with Crippen LogP contribution in [0.4, 0.5) is 5.69 Å². The summed E-state index contributed by atoms with van der Waals surface area (Å²) in [7, 11) is 0. The van der Waals surface area contributed by atoms with Gasteiger partial charge in [0.25, 0.3) is 0 Å². The van der Waals surface area contributed by atoms with Crippen LogP contribution >= 0.6 is 23.5 Å². The number of fused-ring (bicyclic) bond motifs is 1. The summed E-state index contributed by atoms with van der Waals surface area (Å²) in [5.41, 5.74) is 3.38. The Morgan fingerprint density at radius 1 is 1.22 bits per heavy atom. The first-order chi connectivity index (χ1) is 11.2. The van der Waals surface area contributed by atoms with Crippen molar-refractivity contribution in [1.82, 2.24) is 5.32 Å². The smallest absolute Gasteiger partial charge is 0.233 e. The van der Waals surface area contributed by atoms with Gasteiger partial charge in [-0.2, -0.15) is 0 Å². The zero-order valence-electron chi connectivity index (χ0n) is 12.9. The molecule has 0 fully saturated rings. The van der Waals surface area contributed by atoms with E-state index in [0.717, 1.165) is 21.4 Å². The predicted octanol–water partition coefficient (Wildman–Crippen LogP) is 4.36. The Labute approximate surface area is 145 Å². The average molecular weight is 342 g/mol. The van der Waals surface area contributed by atoms with E-state index in [0.29, 0.717) is 6.54 Å². The topological polar surface area (TPSA) is 41.5 Å². The van der Waals surface area contributed by atoms with Crippen LogP contribution in [-0.2, 0) is 17.1 Å². The highest BCUT2D eigenvalue weighted by Gasteiger charge is 2.19. The number of nitrogens with one attached hydrogen (secondary N) is 1. The molecule has 0 radical (unpaired) electrons. The molecule has 0 aromatic heterocycles. The molecule has 118 valence electrons. The second kappa shape index (κ2) is 7.70. The van der Waals surface area contributed by atoms with Gasteiger partial charge < -0.3 is 5.32 Å². The highest BCUT2D eigenvalue weighted by Crippen LogP contribution is 2.35. The van der Waals surface area contributed by atoms with Crippen LogP contribution < -0.4 is 5.32 Å². The van der Waals surface area contributed by atoms with Crippen molar-refractivity contribution in [2.24, 2.45) is 4.99 Å². The van der Waals surface area contributed by atoms with E-state index in [2.05, 4.69) is 16.4 Å². The fraction of sp³-hybridized carbons (Fsp3) is 0.222. The molecule has 1 amide bonds. The van der Waals surface area contributed by atoms with Gasteiger partial charge in [-0.25, -0.2) is 4.99 Å². The molecule has 1 atom stereocenters. The number of carbonyl (C=O) groups excluding carboxylic acids is 1. The Balaban J connectivity index is 1.56. The van der Waals surface area contributed by atoms with Gasteiger partial charge in [0, 0.05) is 12.3 Å². The van der Waals surface area contributed by atoms with E-state index in [-0.39, 0.29) is 11.2 Å². The molecule has 5 heteroatoms. The molecule has 1 aliphatic rings. The molecule has 23 heavy (non-hydrogen) atoms. The zero-order chi connectivity index (χ0) is 16.1. The largest absolute Gasteiger partial charge is 0.351 e. The SMILES string of the molecule is C[C@H](SC1=Nc2ccccc2CS1)C(=O)NCc1ccccc1. The molecule has 2 aromatic rings. The molecular weight excluding hydrogens is 324 g/mol. The number of para-hydroxylation sites is 1. The highest BCUT2D eigenvalue weighted by atomic mass is 32.2. The third kappa shape index (κ3) is 4.39. The molecule has 0 spiro atoms. The summed E-state index contributed by atoms with van der Waals surface area (Å²) >= 11 is 3.23. The molecule has 0 unspecified atom stereocenters. The number of carbonyl (C=O) groups is 1. The van der Waals surface area contributed by atoms with Crippen molar-refractivity contribution in [3.63, 3.8) is 0 Å². The van der Waals surface area contributed by atoms with E-state index in [1.807, 2.05) is 55.5 Å². The van der Waals surface area contributed by atoms with Crippen LogP contribution in [0, 0.1) is 0 Å². The van der Waals surface area contributed by atoms with Crippen molar-refractivity contribution < 1.29 is 4.79 Å². The van der Waals surface area contributed by atoms with Gasteiger partial charge in [0.05, 0.1) is 10.9 Å². The summed E-state index contributed by atoms with van der Waals surface area (Å²) in [6.45, 7) is 2.49. The van der Waals surface area contributed by atoms with Gasteiger partial charge in [-0.3, -0.25) is 4.79 Å². The zero-order valence-corrected chi connectivity index (χ0v) is 14.5. The molecule has 0 aliphatic carbocycles. The van der Waals surface area contributed by atoms with Crippen LogP contribution in [0.2, 0.25) is 0 Å². The minimum Gasteiger partial charge on any atom is -0.351 e. The lowest BCUT2D eigenvalue weighted by Crippen LogP contribution is -2.31. The maximum absolute atomic E-state index is 12.2. The van der Waals surface area contributed by atoms with Gasteiger partial charge in [0.15, 0.2) is 0 Å². The standard InChI is InChI=1S/C18H18N2OS2/c1-13(17(21)19-11-14-7-3-2-4-8-14)23-18-20-16-10-6-5-9-15(16)12-22-18/h2-10,13H,11-12H2,1H3,(H,19,21)/t13-/m0/s1. The Kier molecular flexibility index (Phi) is 5.41. The molecule has 0 bridgehead atoms. The number of benzene rings is 2. The number of rotatable bonds is 4. The van der Waals surface area contributed by atoms with Crippen LogP contribution in [0.15, 0.2) is 59.6 Å². The molecule has 1 N–H and O–H groups in total. The summed E-state index contributed by atoms with van der Waals surface area (Å²) < 4.78 is 0.964. The number of thioether (sulfide) groups is 2. The number of hydrogen-bond acceptors (Lipinski definition) is 4. The first kappa shape index (κ1) is 16.1. The van der Waals surface area contributed by atoms with Crippen LogP contribution in [0.3, 0.4) is 0 Å². The Morgan fingerprint density at radius 2 is 1.96 bits per heavy atom. The van der Waals surface area contributed by atoms with Crippen molar-refractivity contribution in [2.75, 3.05) is 0 Å². The van der Waals surface area contributed by atoms with Crippen molar-refractivity contribution in [2.45, 2.75) is 24.5 Å². The van der Waals surface area contributed by atoms with Crippen LogP contribution in [-0.4, -0.2) is 15.5 Å². The summed E-state index contributed by atoms with van der Waals surface area (Å²) in [5, 5.41) is 2.83. The molecule has 3 nitrogen and oxygen atoms in total. The Bertz CT molecular complexity index is 716. The van der Waals surface area contributed by atoms with E-state index >= 15 is 0 Å². The Hall–Kier alpha value is -1.72. The second-order valence-electron chi connectivity index (χ2n) is 5.26. The van der Waals surface area contributed by atoms with Gasteiger partial charge >= 0.3 is 0 Å². The fourth-order valence-corrected chi connectivity index (χ4v) is 4.42. The lowest BCUT2D eigenvalue weighted by molar-refractivity contribution is -0.120. The normalized spacial score (nSPS) is 14.6. The minimum absolute atomic E-state index is 0.0426. The van der Waals surface area contributed by atoms with E-state index in [1.165, 1.54) is 17.3 Å². The maximum Gasteiger partial charge on any atom is 0.233 e. The maximum atomic E-state index is 12.2. The van der Waals surface area contributed by atoms with Gasteiger partial charge in [0.2, 0.25) is 5.91 Å². The Morgan fingerprint density at radius 3 is 2.78 bits per heavy atom. The molecule has 1 aliphatic heterocycles.